The molecule has 2 heteroatoms. The summed E-state index contributed by atoms with van der Waals surface area (Å²) >= 11 is 0. The average Bonchev–Trinajstić information content (AvgIpc) is 3.20. The Morgan fingerprint density at radius 1 is 1.21 bits per heavy atom. The molecule has 1 aromatic rings. The van der Waals surface area contributed by atoms with Crippen molar-refractivity contribution >= 4 is 5.69 Å². The van der Waals surface area contributed by atoms with E-state index in [-0.39, 0.29) is 0 Å². The van der Waals surface area contributed by atoms with Crippen LogP contribution in [0.4, 0.5) is 5.69 Å². The van der Waals surface area contributed by atoms with Crippen LogP contribution in [-0.2, 0) is 6.42 Å². The maximum absolute atomic E-state index is 6.01. The highest BCUT2D eigenvalue weighted by Gasteiger charge is 2.25. The zero-order chi connectivity index (χ0) is 13.8. The third-order valence-corrected chi connectivity index (χ3v) is 4.07. The van der Waals surface area contributed by atoms with Gasteiger partial charge in [0.05, 0.1) is 0 Å². The van der Waals surface area contributed by atoms with Gasteiger partial charge in [-0.25, -0.2) is 0 Å². The molecule has 2 rings (SSSR count). The number of rotatable bonds is 7. The molecular formula is C17H28N2. The van der Waals surface area contributed by atoms with E-state index < -0.39 is 0 Å². The van der Waals surface area contributed by atoms with Gasteiger partial charge in [-0.1, -0.05) is 19.1 Å². The van der Waals surface area contributed by atoms with Crippen molar-refractivity contribution in [3.05, 3.63) is 29.8 Å². The summed E-state index contributed by atoms with van der Waals surface area (Å²) in [7, 11) is 0. The van der Waals surface area contributed by atoms with Crippen molar-refractivity contribution in [3.8, 4) is 0 Å². The van der Waals surface area contributed by atoms with Crippen LogP contribution in [0.3, 0.4) is 0 Å². The highest BCUT2D eigenvalue weighted by molar-refractivity contribution is 5.48. The zero-order valence-electron chi connectivity index (χ0n) is 12.6. The second-order valence-electron chi connectivity index (χ2n) is 6.23. The molecule has 1 saturated carbocycles. The summed E-state index contributed by atoms with van der Waals surface area (Å²) in [5.41, 5.74) is 8.73. The molecule has 0 aliphatic heterocycles. The molecule has 1 aromatic carbocycles. The fourth-order valence-electron chi connectivity index (χ4n) is 2.46. The molecule has 0 radical (unpaired) electrons. The van der Waals surface area contributed by atoms with Gasteiger partial charge in [0.1, 0.15) is 0 Å². The molecule has 2 N–H and O–H groups in total. The molecule has 1 aliphatic rings. The summed E-state index contributed by atoms with van der Waals surface area (Å²) < 4.78 is 0. The lowest BCUT2D eigenvalue weighted by atomic mass is 10.0. The Labute approximate surface area is 118 Å². The Bertz CT molecular complexity index is 379. The van der Waals surface area contributed by atoms with Gasteiger partial charge >= 0.3 is 0 Å². The lowest BCUT2D eigenvalue weighted by molar-refractivity contribution is 0.640. The minimum atomic E-state index is 0.290. The van der Waals surface area contributed by atoms with E-state index in [1.807, 2.05) is 0 Å². The van der Waals surface area contributed by atoms with Gasteiger partial charge in [-0.15, -0.1) is 0 Å². The van der Waals surface area contributed by atoms with Crippen molar-refractivity contribution in [2.45, 2.75) is 58.5 Å². The normalized spacial score (nSPS) is 16.7. The van der Waals surface area contributed by atoms with Crippen LogP contribution in [0.25, 0.3) is 0 Å². The highest BCUT2D eigenvalue weighted by atomic mass is 15.2. The lowest BCUT2D eigenvalue weighted by Gasteiger charge is -2.29. The van der Waals surface area contributed by atoms with Gasteiger partial charge in [0.25, 0.3) is 0 Å². The summed E-state index contributed by atoms with van der Waals surface area (Å²) in [4.78, 5) is 2.53. The van der Waals surface area contributed by atoms with Crippen LogP contribution >= 0.6 is 0 Å². The SMILES string of the molecule is CCC(N)Cc1ccc(N(CC2CC2)C(C)C)cc1. The van der Waals surface area contributed by atoms with Gasteiger partial charge in [-0.05, 0) is 63.1 Å². The quantitative estimate of drug-likeness (QED) is 0.811. The largest absolute Gasteiger partial charge is 0.369 e. The Hall–Kier alpha value is -1.02. The van der Waals surface area contributed by atoms with Crippen LogP contribution in [0.5, 0.6) is 0 Å². The van der Waals surface area contributed by atoms with Gasteiger partial charge in [-0.3, -0.25) is 0 Å². The van der Waals surface area contributed by atoms with Crippen molar-refractivity contribution in [1.82, 2.24) is 0 Å². The van der Waals surface area contributed by atoms with Crippen LogP contribution in [0.15, 0.2) is 24.3 Å². The molecule has 2 nitrogen and oxygen atoms in total. The van der Waals surface area contributed by atoms with Crippen molar-refractivity contribution in [2.24, 2.45) is 11.7 Å². The maximum Gasteiger partial charge on any atom is 0.0368 e. The first kappa shape index (κ1) is 14.4. The number of anilines is 1. The van der Waals surface area contributed by atoms with Crippen molar-refractivity contribution in [2.75, 3.05) is 11.4 Å². The second kappa shape index (κ2) is 6.42. The number of hydrogen-bond donors (Lipinski definition) is 1. The molecule has 19 heavy (non-hydrogen) atoms. The molecule has 0 saturated heterocycles. The third-order valence-electron chi connectivity index (χ3n) is 4.07. The van der Waals surface area contributed by atoms with Crippen LogP contribution < -0.4 is 10.6 Å². The minimum absolute atomic E-state index is 0.290. The summed E-state index contributed by atoms with van der Waals surface area (Å²) in [5.74, 6) is 0.926. The van der Waals surface area contributed by atoms with Crippen LogP contribution in [0.2, 0.25) is 0 Å². The fraction of sp³-hybridized carbons (Fsp3) is 0.647. The topological polar surface area (TPSA) is 29.3 Å². The van der Waals surface area contributed by atoms with E-state index in [1.54, 1.807) is 0 Å². The minimum Gasteiger partial charge on any atom is -0.369 e. The second-order valence-corrected chi connectivity index (χ2v) is 6.23. The Morgan fingerprint density at radius 2 is 1.84 bits per heavy atom. The first-order valence-electron chi connectivity index (χ1n) is 7.71. The molecule has 0 heterocycles. The monoisotopic (exact) mass is 260 g/mol. The van der Waals surface area contributed by atoms with E-state index in [4.69, 9.17) is 5.73 Å². The molecule has 1 fully saturated rings. The molecule has 1 atom stereocenters. The number of hydrogen-bond acceptors (Lipinski definition) is 2. The van der Waals surface area contributed by atoms with E-state index >= 15 is 0 Å². The molecule has 0 amide bonds. The number of nitrogens with two attached hydrogens (primary N) is 1. The van der Waals surface area contributed by atoms with Gasteiger partial charge in [-0.2, -0.15) is 0 Å². The van der Waals surface area contributed by atoms with Crippen molar-refractivity contribution in [1.29, 1.82) is 0 Å². The fourth-order valence-corrected chi connectivity index (χ4v) is 2.46. The van der Waals surface area contributed by atoms with Gasteiger partial charge in [0, 0.05) is 24.3 Å². The highest BCUT2D eigenvalue weighted by Crippen LogP contribution is 2.32. The lowest BCUT2D eigenvalue weighted by Crippen LogP contribution is -2.32. The third kappa shape index (κ3) is 4.24. The standard InChI is InChI=1S/C17H28N2/c1-4-16(18)11-14-7-9-17(10-8-14)19(13(2)3)12-15-5-6-15/h7-10,13,15-16H,4-6,11-12,18H2,1-3H3. The van der Waals surface area contributed by atoms with Crippen LogP contribution in [0, 0.1) is 5.92 Å². The molecule has 0 spiro atoms. The number of benzene rings is 1. The van der Waals surface area contributed by atoms with Crippen molar-refractivity contribution in [3.63, 3.8) is 0 Å². The molecule has 106 valence electrons. The number of nitrogens with zero attached hydrogens (tertiary/aromatic N) is 1. The van der Waals surface area contributed by atoms with Gasteiger partial charge in [0.15, 0.2) is 0 Å². The van der Waals surface area contributed by atoms with Crippen molar-refractivity contribution < 1.29 is 0 Å². The molecule has 1 unspecified atom stereocenters. The first-order chi connectivity index (χ1) is 9.10. The van der Waals surface area contributed by atoms with E-state index in [2.05, 4.69) is 49.9 Å². The maximum atomic E-state index is 6.01. The molecule has 0 aromatic heterocycles. The van der Waals surface area contributed by atoms with Gasteiger partial charge < -0.3 is 10.6 Å². The van der Waals surface area contributed by atoms with E-state index in [0.29, 0.717) is 12.1 Å². The molecular weight excluding hydrogens is 232 g/mol. The molecule has 1 aliphatic carbocycles. The van der Waals surface area contributed by atoms with Crippen LogP contribution in [-0.4, -0.2) is 18.6 Å². The summed E-state index contributed by atoms with van der Waals surface area (Å²) in [6, 6.07) is 9.88. The Kier molecular flexibility index (Phi) is 4.87. The Morgan fingerprint density at radius 3 is 2.32 bits per heavy atom. The van der Waals surface area contributed by atoms with E-state index in [1.165, 1.54) is 30.6 Å². The first-order valence-corrected chi connectivity index (χ1v) is 7.71. The van der Waals surface area contributed by atoms with Crippen LogP contribution in [0.1, 0.15) is 45.6 Å². The average molecular weight is 260 g/mol. The Balaban J connectivity index is 2.02. The molecule has 0 bridgehead atoms. The summed E-state index contributed by atoms with van der Waals surface area (Å²) in [5, 5.41) is 0. The smallest absolute Gasteiger partial charge is 0.0368 e. The summed E-state index contributed by atoms with van der Waals surface area (Å²) in [6.45, 7) is 7.92. The van der Waals surface area contributed by atoms with Gasteiger partial charge in [0.2, 0.25) is 0 Å². The predicted octanol–water partition coefficient (Wildman–Crippen LogP) is 3.59. The summed E-state index contributed by atoms with van der Waals surface area (Å²) in [6.07, 6.45) is 4.85. The zero-order valence-corrected chi connectivity index (χ0v) is 12.6. The predicted molar refractivity (Wildman–Crippen MR) is 83.6 cm³/mol. The van der Waals surface area contributed by atoms with E-state index in [0.717, 1.165) is 18.8 Å². The van der Waals surface area contributed by atoms with E-state index in [9.17, 15) is 0 Å².